The van der Waals surface area contributed by atoms with E-state index >= 15 is 0 Å². The Labute approximate surface area is 161 Å². The molecule has 0 heterocycles. The van der Waals surface area contributed by atoms with Gasteiger partial charge in [-0.25, -0.2) is 0 Å². The van der Waals surface area contributed by atoms with Crippen molar-refractivity contribution in [2.24, 2.45) is 0 Å². The van der Waals surface area contributed by atoms with E-state index in [1.165, 1.54) is 96.3 Å². The minimum atomic E-state index is -2.03. The summed E-state index contributed by atoms with van der Waals surface area (Å²) in [5.74, 6) is 0. The lowest BCUT2D eigenvalue weighted by atomic mass is 10.0. The molecule has 0 radical (unpaired) electrons. The number of hydrogen-bond acceptors (Lipinski definition) is 2. The van der Waals surface area contributed by atoms with E-state index in [9.17, 15) is 0 Å². The first-order valence-corrected chi connectivity index (χ1v) is 14.8. The normalized spacial score (nSPS) is 12.0. The van der Waals surface area contributed by atoms with Crippen LogP contribution in [0.25, 0.3) is 0 Å². The van der Waals surface area contributed by atoms with Crippen LogP contribution in [0.3, 0.4) is 0 Å². The minimum Gasteiger partial charge on any atom is -0.334 e. The molecule has 0 aromatic rings. The zero-order valence-corrected chi connectivity index (χ0v) is 18.7. The number of hydrogen-bond donors (Lipinski definition) is 2. The highest BCUT2D eigenvalue weighted by molar-refractivity contribution is 8.90. The van der Waals surface area contributed by atoms with Gasteiger partial charge in [0.15, 0.2) is 4.67 Å². The lowest BCUT2D eigenvalue weighted by Gasteiger charge is -2.09. The van der Waals surface area contributed by atoms with E-state index in [0.29, 0.717) is 0 Å². The van der Waals surface area contributed by atoms with Crippen molar-refractivity contribution in [1.29, 1.82) is 0 Å². The maximum absolute atomic E-state index is 5.40. The van der Waals surface area contributed by atoms with Crippen molar-refractivity contribution in [2.75, 3.05) is 6.61 Å². The summed E-state index contributed by atoms with van der Waals surface area (Å²) < 4.78 is 3.37. The predicted molar refractivity (Wildman–Crippen MR) is 118 cm³/mol. The fourth-order valence-electron chi connectivity index (χ4n) is 2.83. The number of unbranched alkanes of at least 4 members (excludes halogenated alkanes) is 15. The fraction of sp³-hybridized carbons (Fsp3) is 1.00. The van der Waals surface area contributed by atoms with E-state index in [4.69, 9.17) is 16.3 Å². The lowest BCUT2D eigenvalue weighted by Crippen LogP contribution is -1.88. The van der Waals surface area contributed by atoms with Crippen LogP contribution < -0.4 is 0 Å². The first kappa shape index (κ1) is 24.3. The van der Waals surface area contributed by atoms with Crippen molar-refractivity contribution in [3.05, 3.63) is 0 Å². The van der Waals surface area contributed by atoms with Crippen molar-refractivity contribution >= 4 is 41.0 Å². The Morgan fingerprint density at radius 2 is 0.913 bits per heavy atom. The molecule has 140 valence electrons. The molecule has 0 saturated heterocycles. The molecule has 0 unspecified atom stereocenters. The SMILES string of the molecule is CCCCCCCCCCCCCCCCCCOP(=S)(S)S. The Morgan fingerprint density at radius 1 is 0.609 bits per heavy atom. The van der Waals surface area contributed by atoms with Crippen LogP contribution in [0.5, 0.6) is 0 Å². The first-order valence-electron chi connectivity index (χ1n) is 9.76. The van der Waals surface area contributed by atoms with Crippen LogP contribution in [0.15, 0.2) is 0 Å². The lowest BCUT2D eigenvalue weighted by molar-refractivity contribution is 0.347. The molecule has 0 aliphatic rings. The van der Waals surface area contributed by atoms with E-state index in [0.717, 1.165) is 13.0 Å². The second-order valence-corrected chi connectivity index (χ2v) is 15.4. The van der Waals surface area contributed by atoms with Gasteiger partial charge in [0.05, 0.1) is 6.61 Å². The Morgan fingerprint density at radius 3 is 1.22 bits per heavy atom. The molecule has 0 spiro atoms. The van der Waals surface area contributed by atoms with Crippen molar-refractivity contribution in [3.8, 4) is 0 Å². The molecular formula is C18H39OPS3. The van der Waals surface area contributed by atoms with Gasteiger partial charge in [-0.05, 0) is 18.2 Å². The molecule has 0 amide bonds. The van der Waals surface area contributed by atoms with Gasteiger partial charge in [-0.1, -0.05) is 103 Å². The molecular weight excluding hydrogens is 359 g/mol. The average molecular weight is 399 g/mol. The van der Waals surface area contributed by atoms with Crippen LogP contribution >= 0.6 is 29.2 Å². The van der Waals surface area contributed by atoms with E-state index in [-0.39, 0.29) is 0 Å². The molecule has 0 N–H and O–H groups in total. The van der Waals surface area contributed by atoms with Gasteiger partial charge < -0.3 is 4.52 Å². The number of rotatable bonds is 18. The zero-order valence-electron chi connectivity index (χ0n) is 15.2. The van der Waals surface area contributed by atoms with E-state index in [2.05, 4.69) is 31.4 Å². The van der Waals surface area contributed by atoms with Gasteiger partial charge in [0, 0.05) is 0 Å². The second-order valence-electron chi connectivity index (χ2n) is 6.63. The second kappa shape index (κ2) is 18.1. The first-order chi connectivity index (χ1) is 11.1. The van der Waals surface area contributed by atoms with Crippen LogP contribution in [0, 0.1) is 0 Å². The molecule has 0 fully saturated rings. The molecule has 0 bridgehead atoms. The van der Waals surface area contributed by atoms with E-state index in [1.54, 1.807) is 0 Å². The molecule has 5 heteroatoms. The monoisotopic (exact) mass is 398 g/mol. The zero-order chi connectivity index (χ0) is 17.2. The Bertz CT molecular complexity index is 281. The third kappa shape index (κ3) is 23.3. The molecule has 0 aliphatic carbocycles. The topological polar surface area (TPSA) is 9.23 Å². The highest BCUT2D eigenvalue weighted by atomic mass is 33.2. The van der Waals surface area contributed by atoms with Crippen molar-refractivity contribution < 1.29 is 4.52 Å². The fourth-order valence-corrected chi connectivity index (χ4v) is 3.91. The molecule has 0 rings (SSSR count). The van der Waals surface area contributed by atoms with Crippen molar-refractivity contribution in [3.63, 3.8) is 0 Å². The van der Waals surface area contributed by atoms with Crippen LogP contribution in [0.4, 0.5) is 0 Å². The Balaban J connectivity index is 3.01. The molecule has 0 atom stereocenters. The van der Waals surface area contributed by atoms with Crippen LogP contribution in [-0.2, 0) is 16.3 Å². The Hall–Kier alpha value is 1.31. The summed E-state index contributed by atoms with van der Waals surface area (Å²) in [5, 5.41) is 0. The van der Waals surface area contributed by atoms with E-state index < -0.39 is 4.67 Å². The summed E-state index contributed by atoms with van der Waals surface area (Å²) in [4.78, 5) is 0. The molecule has 0 saturated carbocycles. The van der Waals surface area contributed by atoms with Crippen molar-refractivity contribution in [2.45, 2.75) is 110 Å². The average Bonchev–Trinajstić information content (AvgIpc) is 2.49. The molecule has 0 aliphatic heterocycles. The molecule has 0 aromatic heterocycles. The van der Waals surface area contributed by atoms with Crippen LogP contribution in [-0.4, -0.2) is 6.61 Å². The Kier molecular flexibility index (Phi) is 19.1. The maximum atomic E-state index is 5.40. The minimum absolute atomic E-state index is 0.725. The highest BCUT2D eigenvalue weighted by Gasteiger charge is 2.03. The van der Waals surface area contributed by atoms with Gasteiger partial charge in [-0.15, -0.1) is 24.5 Å². The summed E-state index contributed by atoms with van der Waals surface area (Å²) in [6.45, 7) is 3.01. The molecule has 1 nitrogen and oxygen atoms in total. The van der Waals surface area contributed by atoms with Gasteiger partial charge in [-0.2, -0.15) is 0 Å². The van der Waals surface area contributed by atoms with Crippen molar-refractivity contribution in [1.82, 2.24) is 0 Å². The van der Waals surface area contributed by atoms with Crippen LogP contribution in [0.2, 0.25) is 0 Å². The summed E-state index contributed by atoms with van der Waals surface area (Å²) in [6.07, 6.45) is 22.2. The van der Waals surface area contributed by atoms with Gasteiger partial charge in [0.2, 0.25) is 0 Å². The van der Waals surface area contributed by atoms with Gasteiger partial charge in [0.1, 0.15) is 0 Å². The highest BCUT2D eigenvalue weighted by Crippen LogP contribution is 2.56. The summed E-state index contributed by atoms with van der Waals surface area (Å²) in [7, 11) is 0. The summed E-state index contributed by atoms with van der Waals surface area (Å²) >= 11 is 13.3. The van der Waals surface area contributed by atoms with Crippen LogP contribution in [0.1, 0.15) is 110 Å². The van der Waals surface area contributed by atoms with Gasteiger partial charge in [-0.3, -0.25) is 0 Å². The molecule has 0 aromatic carbocycles. The largest absolute Gasteiger partial charge is 0.334 e. The smallest absolute Gasteiger partial charge is 0.168 e. The predicted octanol–water partition coefficient (Wildman–Crippen LogP) is 8.35. The summed E-state index contributed by atoms with van der Waals surface area (Å²) in [5.41, 5.74) is 0. The van der Waals surface area contributed by atoms with E-state index in [1.807, 2.05) is 0 Å². The molecule has 23 heavy (non-hydrogen) atoms. The summed E-state index contributed by atoms with van der Waals surface area (Å²) in [6, 6.07) is 0. The maximum Gasteiger partial charge on any atom is 0.168 e. The number of thiol groups is 2. The third-order valence-electron chi connectivity index (χ3n) is 4.26. The third-order valence-corrected chi connectivity index (χ3v) is 5.79. The quantitative estimate of drug-likeness (QED) is 0.136. The van der Waals surface area contributed by atoms with Gasteiger partial charge in [0.25, 0.3) is 0 Å². The van der Waals surface area contributed by atoms with Gasteiger partial charge >= 0.3 is 0 Å². The standard InChI is InChI=1S/C18H39OPS3/c1-2-3-4-5-6-7-8-9-10-11-12-13-14-15-16-17-18-19-20(21,22)23/h2-18H2,1H3,(H2,21,22,23).